The first-order valence-electron chi connectivity index (χ1n) is 11.8. The second-order valence-corrected chi connectivity index (χ2v) is 8.83. The third-order valence-corrected chi connectivity index (χ3v) is 6.43. The van der Waals surface area contributed by atoms with Crippen LogP contribution in [0.3, 0.4) is 0 Å². The molecule has 33 heavy (non-hydrogen) atoms. The Labute approximate surface area is 195 Å². The molecule has 2 heterocycles. The van der Waals surface area contributed by atoms with Crippen LogP contribution in [0.2, 0.25) is 0 Å². The Morgan fingerprint density at radius 3 is 2.36 bits per heavy atom. The topological polar surface area (TPSA) is 73.0 Å². The predicted octanol–water partition coefficient (Wildman–Crippen LogP) is 3.90. The number of para-hydroxylation sites is 1. The number of likely N-dealkylation sites (tertiary alicyclic amines) is 1. The molecular weight excluding hydrogens is 416 g/mol. The van der Waals surface area contributed by atoms with E-state index in [2.05, 4.69) is 29.3 Å². The summed E-state index contributed by atoms with van der Waals surface area (Å²) in [5.41, 5.74) is 2.72. The normalized spacial score (nSPS) is 17.6. The van der Waals surface area contributed by atoms with Crippen molar-refractivity contribution in [1.82, 2.24) is 9.80 Å². The average molecular weight is 449 g/mol. The number of aryl methyl sites for hydroxylation is 1. The third-order valence-electron chi connectivity index (χ3n) is 6.43. The summed E-state index contributed by atoms with van der Waals surface area (Å²) in [7, 11) is 0. The summed E-state index contributed by atoms with van der Waals surface area (Å²) >= 11 is 0. The third kappa shape index (κ3) is 5.60. The van der Waals surface area contributed by atoms with E-state index in [1.54, 1.807) is 17.0 Å². The second kappa shape index (κ2) is 10.6. The van der Waals surface area contributed by atoms with Gasteiger partial charge in [-0.1, -0.05) is 43.7 Å². The van der Waals surface area contributed by atoms with Crippen LogP contribution in [0.5, 0.6) is 0 Å². The van der Waals surface area contributed by atoms with Gasteiger partial charge in [0, 0.05) is 24.8 Å². The highest BCUT2D eigenvalue weighted by Gasteiger charge is 2.41. The van der Waals surface area contributed by atoms with Crippen LogP contribution in [0, 0.1) is 0 Å². The Kier molecular flexibility index (Phi) is 7.40. The van der Waals surface area contributed by atoms with Gasteiger partial charge in [0.1, 0.15) is 6.54 Å². The minimum atomic E-state index is -0.246. The predicted molar refractivity (Wildman–Crippen MR) is 129 cm³/mol. The molecule has 7 nitrogen and oxygen atoms in total. The van der Waals surface area contributed by atoms with Crippen LogP contribution in [-0.2, 0) is 16.0 Å². The van der Waals surface area contributed by atoms with Crippen LogP contribution in [0.15, 0.2) is 54.6 Å². The van der Waals surface area contributed by atoms with E-state index in [1.807, 2.05) is 30.3 Å². The van der Waals surface area contributed by atoms with Crippen molar-refractivity contribution in [2.75, 3.05) is 36.4 Å². The Hall–Kier alpha value is -3.19. The first kappa shape index (κ1) is 23.0. The summed E-state index contributed by atoms with van der Waals surface area (Å²) in [5, 5.41) is 2.98. The number of carbonyl (C=O) groups excluding carboxylic acids is 3. The summed E-state index contributed by atoms with van der Waals surface area (Å²) in [6.45, 7) is 4.06. The van der Waals surface area contributed by atoms with Crippen molar-refractivity contribution in [2.45, 2.75) is 45.1 Å². The highest BCUT2D eigenvalue weighted by atomic mass is 16.2. The Balaban J connectivity index is 1.25. The number of unbranched alkanes of at least 4 members (excludes halogenated alkanes) is 1. The van der Waals surface area contributed by atoms with Crippen molar-refractivity contribution in [2.24, 2.45) is 0 Å². The maximum Gasteiger partial charge on any atom is 0.332 e. The molecule has 0 saturated carbocycles. The molecule has 2 aliphatic rings. The quantitative estimate of drug-likeness (QED) is 0.622. The molecule has 2 fully saturated rings. The van der Waals surface area contributed by atoms with Crippen molar-refractivity contribution in [1.29, 1.82) is 0 Å². The van der Waals surface area contributed by atoms with E-state index in [0.717, 1.165) is 38.0 Å². The molecule has 7 heteroatoms. The van der Waals surface area contributed by atoms with E-state index in [1.165, 1.54) is 23.3 Å². The summed E-state index contributed by atoms with van der Waals surface area (Å²) in [6.07, 6.45) is 4.90. The molecule has 0 atom stereocenters. The number of nitrogens with zero attached hydrogens (tertiary/aromatic N) is 3. The van der Waals surface area contributed by atoms with Gasteiger partial charge in [0.15, 0.2) is 0 Å². The number of hydrogen-bond donors (Lipinski definition) is 1. The van der Waals surface area contributed by atoms with Crippen LogP contribution < -0.4 is 10.2 Å². The van der Waals surface area contributed by atoms with Gasteiger partial charge in [-0.25, -0.2) is 9.69 Å². The molecule has 0 unspecified atom stereocenters. The van der Waals surface area contributed by atoms with Crippen LogP contribution in [0.25, 0.3) is 0 Å². The standard InChI is InChI=1S/C26H32N4O3/c1-2-3-7-20-10-12-21(13-11-20)27-24(31)18-28-16-14-22(15-17-28)29-19-25(32)30(26(29)33)23-8-5-4-6-9-23/h4-6,8-13,22H,2-3,7,14-19H2,1H3,(H,27,31). The number of hydrogen-bond acceptors (Lipinski definition) is 4. The lowest BCUT2D eigenvalue weighted by Gasteiger charge is -2.35. The zero-order valence-corrected chi connectivity index (χ0v) is 19.2. The van der Waals surface area contributed by atoms with E-state index in [-0.39, 0.29) is 30.4 Å². The molecule has 0 radical (unpaired) electrons. The SMILES string of the molecule is CCCCc1ccc(NC(=O)CN2CCC(N3CC(=O)N(c4ccccc4)C3=O)CC2)cc1. The van der Waals surface area contributed by atoms with Crippen molar-refractivity contribution in [3.05, 3.63) is 60.2 Å². The van der Waals surface area contributed by atoms with Crippen molar-refractivity contribution < 1.29 is 14.4 Å². The molecule has 0 bridgehead atoms. The fourth-order valence-corrected chi connectivity index (χ4v) is 4.56. The molecule has 2 aromatic rings. The van der Waals surface area contributed by atoms with Crippen LogP contribution in [-0.4, -0.2) is 59.9 Å². The number of carbonyl (C=O) groups is 3. The molecule has 2 aromatic carbocycles. The zero-order valence-electron chi connectivity index (χ0n) is 19.2. The molecule has 2 saturated heterocycles. The molecule has 1 N–H and O–H groups in total. The molecule has 174 valence electrons. The van der Waals surface area contributed by atoms with Gasteiger partial charge in [0.05, 0.1) is 12.2 Å². The van der Waals surface area contributed by atoms with Crippen LogP contribution >= 0.6 is 0 Å². The lowest BCUT2D eigenvalue weighted by molar-refractivity contribution is -0.117. The lowest BCUT2D eigenvalue weighted by atomic mass is 10.0. The number of nitrogens with one attached hydrogen (secondary N) is 1. The van der Waals surface area contributed by atoms with Gasteiger partial charge in [-0.15, -0.1) is 0 Å². The van der Waals surface area contributed by atoms with Gasteiger partial charge in [0.25, 0.3) is 5.91 Å². The molecule has 2 aliphatic heterocycles. The van der Waals surface area contributed by atoms with Gasteiger partial charge >= 0.3 is 6.03 Å². The summed E-state index contributed by atoms with van der Waals surface area (Å²) < 4.78 is 0. The first-order valence-corrected chi connectivity index (χ1v) is 11.8. The summed E-state index contributed by atoms with van der Waals surface area (Å²) in [5.74, 6) is -0.217. The number of anilines is 2. The Morgan fingerprint density at radius 1 is 1.00 bits per heavy atom. The minimum Gasteiger partial charge on any atom is -0.325 e. The van der Waals surface area contributed by atoms with Crippen molar-refractivity contribution in [3.63, 3.8) is 0 Å². The molecule has 0 spiro atoms. The highest BCUT2D eigenvalue weighted by Crippen LogP contribution is 2.26. The van der Waals surface area contributed by atoms with Crippen molar-refractivity contribution >= 4 is 29.2 Å². The van der Waals surface area contributed by atoms with E-state index in [4.69, 9.17) is 0 Å². The minimum absolute atomic E-state index is 0.0186. The lowest BCUT2D eigenvalue weighted by Crippen LogP contribution is -2.48. The molecule has 4 rings (SSSR count). The molecule has 4 amide bonds. The van der Waals surface area contributed by atoms with E-state index in [0.29, 0.717) is 12.2 Å². The van der Waals surface area contributed by atoms with E-state index in [9.17, 15) is 14.4 Å². The summed E-state index contributed by atoms with van der Waals surface area (Å²) in [4.78, 5) is 43.0. The fraction of sp³-hybridized carbons (Fsp3) is 0.423. The van der Waals surface area contributed by atoms with Gasteiger partial charge in [-0.2, -0.15) is 0 Å². The van der Waals surface area contributed by atoms with Gasteiger partial charge in [-0.05, 0) is 55.5 Å². The van der Waals surface area contributed by atoms with Gasteiger partial charge in [0.2, 0.25) is 5.91 Å². The molecule has 0 aliphatic carbocycles. The van der Waals surface area contributed by atoms with Crippen LogP contribution in [0.1, 0.15) is 38.2 Å². The smallest absolute Gasteiger partial charge is 0.325 e. The molecule has 0 aromatic heterocycles. The Bertz CT molecular complexity index is 969. The number of urea groups is 1. The number of piperidine rings is 1. The van der Waals surface area contributed by atoms with E-state index >= 15 is 0 Å². The maximum absolute atomic E-state index is 12.9. The number of benzene rings is 2. The first-order chi connectivity index (χ1) is 16.0. The van der Waals surface area contributed by atoms with Gasteiger partial charge in [-0.3, -0.25) is 14.5 Å². The maximum atomic E-state index is 12.9. The number of amides is 4. The monoisotopic (exact) mass is 448 g/mol. The zero-order chi connectivity index (χ0) is 23.2. The number of imide groups is 1. The number of rotatable bonds is 8. The Morgan fingerprint density at radius 2 is 1.70 bits per heavy atom. The highest BCUT2D eigenvalue weighted by molar-refractivity contribution is 6.19. The molecular formula is C26H32N4O3. The van der Waals surface area contributed by atoms with E-state index < -0.39 is 0 Å². The van der Waals surface area contributed by atoms with Crippen LogP contribution in [0.4, 0.5) is 16.2 Å². The summed E-state index contributed by atoms with van der Waals surface area (Å²) in [6, 6.07) is 16.9. The fourth-order valence-electron chi connectivity index (χ4n) is 4.56. The van der Waals surface area contributed by atoms with Gasteiger partial charge < -0.3 is 10.2 Å². The average Bonchev–Trinajstić information content (AvgIpc) is 3.13. The largest absolute Gasteiger partial charge is 0.332 e. The second-order valence-electron chi connectivity index (χ2n) is 8.83. The van der Waals surface area contributed by atoms with Crippen molar-refractivity contribution in [3.8, 4) is 0 Å².